The first kappa shape index (κ1) is 17.8. The van der Waals surface area contributed by atoms with E-state index >= 15 is 0 Å². The van der Waals surface area contributed by atoms with E-state index in [4.69, 9.17) is 26.5 Å². The van der Waals surface area contributed by atoms with Crippen LogP contribution in [-0.2, 0) is 9.53 Å². The van der Waals surface area contributed by atoms with Crippen LogP contribution in [0.25, 0.3) is 11.0 Å². The van der Waals surface area contributed by atoms with E-state index in [-0.39, 0.29) is 17.3 Å². The first-order valence-corrected chi connectivity index (χ1v) is 8.32. The number of furan rings is 1. The number of anilines is 1. The summed E-state index contributed by atoms with van der Waals surface area (Å²) in [7, 11) is 0. The first-order chi connectivity index (χ1) is 12.4. The molecule has 0 saturated carbocycles. The molecule has 0 spiro atoms. The number of para-hydroxylation sites is 1. The molecule has 0 bridgehead atoms. The number of amides is 1. The van der Waals surface area contributed by atoms with Gasteiger partial charge in [0, 0.05) is 16.1 Å². The van der Waals surface area contributed by atoms with E-state index in [2.05, 4.69) is 5.32 Å². The van der Waals surface area contributed by atoms with Crippen molar-refractivity contribution in [2.24, 2.45) is 0 Å². The molecule has 1 amide bonds. The molecule has 2 aromatic carbocycles. The van der Waals surface area contributed by atoms with Gasteiger partial charge in [-0.05, 0) is 37.3 Å². The lowest BCUT2D eigenvalue weighted by Crippen LogP contribution is -2.31. The van der Waals surface area contributed by atoms with Crippen molar-refractivity contribution in [2.75, 3.05) is 12.3 Å². The minimum atomic E-state index is -0.689. The average Bonchev–Trinajstić information content (AvgIpc) is 3.04. The van der Waals surface area contributed by atoms with Gasteiger partial charge in [0.05, 0.1) is 11.6 Å². The SMILES string of the molecule is CC(NC(=O)COC(=O)c1ccc(Cl)cc1N)c1cc2ccccc2o1. The second kappa shape index (κ2) is 7.49. The molecule has 0 saturated heterocycles. The number of ether oxygens (including phenoxy) is 1. The Morgan fingerprint density at radius 3 is 2.73 bits per heavy atom. The van der Waals surface area contributed by atoms with Crippen LogP contribution in [0.15, 0.2) is 52.9 Å². The molecule has 134 valence electrons. The van der Waals surface area contributed by atoms with Gasteiger partial charge in [0.25, 0.3) is 5.91 Å². The van der Waals surface area contributed by atoms with Crippen LogP contribution in [0.5, 0.6) is 0 Å². The van der Waals surface area contributed by atoms with Gasteiger partial charge in [0.15, 0.2) is 6.61 Å². The maximum Gasteiger partial charge on any atom is 0.340 e. The third-order valence-corrected chi connectivity index (χ3v) is 4.05. The fourth-order valence-electron chi connectivity index (χ4n) is 2.50. The molecule has 3 aromatic rings. The smallest absolute Gasteiger partial charge is 0.340 e. The van der Waals surface area contributed by atoms with E-state index in [0.717, 1.165) is 11.0 Å². The molecule has 3 rings (SSSR count). The molecule has 0 fully saturated rings. The van der Waals surface area contributed by atoms with E-state index in [9.17, 15) is 9.59 Å². The number of fused-ring (bicyclic) bond motifs is 1. The molecule has 1 unspecified atom stereocenters. The summed E-state index contributed by atoms with van der Waals surface area (Å²) in [5, 5.41) is 4.09. The molecule has 3 N–H and O–H groups in total. The Labute approximate surface area is 154 Å². The monoisotopic (exact) mass is 372 g/mol. The van der Waals surface area contributed by atoms with Crippen LogP contribution in [0.3, 0.4) is 0 Å². The van der Waals surface area contributed by atoms with Crippen LogP contribution >= 0.6 is 11.6 Å². The van der Waals surface area contributed by atoms with Crippen molar-refractivity contribution in [3.8, 4) is 0 Å². The first-order valence-electron chi connectivity index (χ1n) is 7.94. The summed E-state index contributed by atoms with van der Waals surface area (Å²) in [5.41, 5.74) is 6.82. The molecular formula is C19H17ClN2O4. The third-order valence-electron chi connectivity index (χ3n) is 3.82. The molecule has 0 radical (unpaired) electrons. The molecule has 7 heteroatoms. The van der Waals surface area contributed by atoms with Gasteiger partial charge in [-0.25, -0.2) is 4.79 Å². The lowest BCUT2D eigenvalue weighted by Gasteiger charge is -2.12. The number of benzene rings is 2. The number of nitrogens with one attached hydrogen (secondary N) is 1. The number of hydrogen-bond acceptors (Lipinski definition) is 5. The quantitative estimate of drug-likeness (QED) is 0.526. The zero-order chi connectivity index (χ0) is 18.7. The topological polar surface area (TPSA) is 94.6 Å². The van der Waals surface area contributed by atoms with Crippen LogP contribution in [0.2, 0.25) is 5.02 Å². The van der Waals surface area contributed by atoms with E-state index in [1.165, 1.54) is 18.2 Å². The van der Waals surface area contributed by atoms with Crippen molar-refractivity contribution in [1.29, 1.82) is 0 Å². The summed E-state index contributed by atoms with van der Waals surface area (Å²) in [6.07, 6.45) is 0. The van der Waals surface area contributed by atoms with Gasteiger partial charge in [-0.15, -0.1) is 0 Å². The summed E-state index contributed by atoms with van der Waals surface area (Å²) in [5.74, 6) is -0.516. The average molecular weight is 373 g/mol. The number of halogens is 1. The maximum atomic E-state index is 12.0. The second-order valence-corrected chi connectivity index (χ2v) is 6.22. The largest absolute Gasteiger partial charge is 0.459 e. The van der Waals surface area contributed by atoms with Crippen molar-refractivity contribution < 1.29 is 18.7 Å². The minimum absolute atomic E-state index is 0.160. The van der Waals surface area contributed by atoms with Crippen LogP contribution in [0.4, 0.5) is 5.69 Å². The summed E-state index contributed by atoms with van der Waals surface area (Å²) >= 11 is 5.79. The van der Waals surface area contributed by atoms with Crippen LogP contribution in [0, 0.1) is 0 Å². The summed E-state index contributed by atoms with van der Waals surface area (Å²) in [6.45, 7) is 1.36. The number of nitrogens with two attached hydrogens (primary N) is 1. The fraction of sp³-hybridized carbons (Fsp3) is 0.158. The van der Waals surface area contributed by atoms with Gasteiger partial charge in [-0.3, -0.25) is 4.79 Å². The third kappa shape index (κ3) is 3.97. The molecule has 26 heavy (non-hydrogen) atoms. The van der Waals surface area contributed by atoms with Crippen LogP contribution in [0.1, 0.15) is 29.1 Å². The fourth-order valence-corrected chi connectivity index (χ4v) is 2.68. The van der Waals surface area contributed by atoms with Crippen molar-refractivity contribution in [1.82, 2.24) is 5.32 Å². The second-order valence-electron chi connectivity index (χ2n) is 5.78. The molecule has 1 aromatic heterocycles. The normalized spacial score (nSPS) is 11.9. The van der Waals surface area contributed by atoms with Gasteiger partial charge >= 0.3 is 5.97 Å². The van der Waals surface area contributed by atoms with E-state index < -0.39 is 18.5 Å². The highest BCUT2D eigenvalue weighted by molar-refractivity contribution is 6.31. The van der Waals surface area contributed by atoms with E-state index in [1.54, 1.807) is 6.92 Å². The summed E-state index contributed by atoms with van der Waals surface area (Å²) in [4.78, 5) is 24.0. The highest BCUT2D eigenvalue weighted by atomic mass is 35.5. The number of hydrogen-bond donors (Lipinski definition) is 2. The zero-order valence-electron chi connectivity index (χ0n) is 14.0. The standard InChI is InChI=1S/C19H17ClN2O4/c1-11(17-8-12-4-2-3-5-16(12)26-17)22-18(23)10-25-19(24)14-7-6-13(20)9-15(14)21/h2-9,11H,10,21H2,1H3,(H,22,23). The Morgan fingerprint density at radius 1 is 1.23 bits per heavy atom. The Kier molecular flexibility index (Phi) is 5.14. The summed E-state index contributed by atoms with van der Waals surface area (Å²) < 4.78 is 10.7. The number of carbonyl (C=O) groups excluding carboxylic acids is 2. The number of carbonyl (C=O) groups is 2. The van der Waals surface area contributed by atoms with Crippen LogP contribution < -0.4 is 11.1 Å². The Bertz CT molecular complexity index is 934. The predicted molar refractivity (Wildman–Crippen MR) is 98.9 cm³/mol. The lowest BCUT2D eigenvalue weighted by molar-refractivity contribution is -0.125. The van der Waals surface area contributed by atoms with Crippen LogP contribution in [-0.4, -0.2) is 18.5 Å². The van der Waals surface area contributed by atoms with Gasteiger partial charge in [-0.2, -0.15) is 0 Å². The lowest BCUT2D eigenvalue weighted by atomic mass is 10.2. The van der Waals surface area contributed by atoms with Gasteiger partial charge in [0.2, 0.25) is 0 Å². The van der Waals surface area contributed by atoms with Gasteiger partial charge < -0.3 is 20.2 Å². The molecule has 0 aliphatic carbocycles. The van der Waals surface area contributed by atoms with Gasteiger partial charge in [-0.1, -0.05) is 29.8 Å². The molecule has 1 heterocycles. The predicted octanol–water partition coefficient (Wildman–Crippen LogP) is 3.70. The maximum absolute atomic E-state index is 12.0. The minimum Gasteiger partial charge on any atom is -0.459 e. The molecule has 1 atom stereocenters. The van der Waals surface area contributed by atoms with Crippen molar-refractivity contribution in [3.05, 3.63) is 64.9 Å². The van der Waals surface area contributed by atoms with Crippen molar-refractivity contribution >= 4 is 40.1 Å². The molecule has 0 aliphatic rings. The number of nitrogen functional groups attached to an aromatic ring is 1. The Hall–Kier alpha value is -2.99. The number of rotatable bonds is 5. The van der Waals surface area contributed by atoms with E-state index in [0.29, 0.717) is 10.8 Å². The highest BCUT2D eigenvalue weighted by Gasteiger charge is 2.17. The zero-order valence-corrected chi connectivity index (χ0v) is 14.7. The summed E-state index contributed by atoms with van der Waals surface area (Å²) in [6, 6.07) is 13.5. The Balaban J connectivity index is 1.57. The highest BCUT2D eigenvalue weighted by Crippen LogP contribution is 2.23. The van der Waals surface area contributed by atoms with Crippen molar-refractivity contribution in [3.63, 3.8) is 0 Å². The molecule has 0 aliphatic heterocycles. The van der Waals surface area contributed by atoms with E-state index in [1.807, 2.05) is 30.3 Å². The number of esters is 1. The molecular weight excluding hydrogens is 356 g/mol. The van der Waals surface area contributed by atoms with Crippen molar-refractivity contribution in [2.45, 2.75) is 13.0 Å². The Morgan fingerprint density at radius 2 is 2.00 bits per heavy atom. The van der Waals surface area contributed by atoms with Gasteiger partial charge in [0.1, 0.15) is 11.3 Å². The molecule has 6 nitrogen and oxygen atoms in total.